The van der Waals surface area contributed by atoms with E-state index in [1.165, 1.54) is 19.3 Å². The first-order chi connectivity index (χ1) is 5.83. The molecule has 1 rings (SSSR count). The number of carbonyl (C=O) groups excluding carboxylic acids is 1. The molecule has 12 heavy (non-hydrogen) atoms. The lowest BCUT2D eigenvalue weighted by Crippen LogP contribution is -2.31. The summed E-state index contributed by atoms with van der Waals surface area (Å²) >= 11 is 0. The average Bonchev–Trinajstić information content (AvgIpc) is 2.05. The second-order valence-corrected chi connectivity index (χ2v) is 2.95. The van der Waals surface area contributed by atoms with E-state index in [9.17, 15) is 4.79 Å². The lowest BCUT2D eigenvalue weighted by Gasteiger charge is -2.25. The van der Waals surface area contributed by atoms with Gasteiger partial charge in [0.25, 0.3) is 0 Å². The van der Waals surface area contributed by atoms with E-state index in [1.54, 1.807) is 0 Å². The normalized spacial score (nSPS) is 15.6. The maximum absolute atomic E-state index is 10.7. The van der Waals surface area contributed by atoms with E-state index >= 15 is 0 Å². The van der Waals surface area contributed by atoms with Gasteiger partial charge in [0.2, 0.25) is 5.91 Å². The Morgan fingerprint density at radius 2 is 2.08 bits per heavy atom. The summed E-state index contributed by atoms with van der Waals surface area (Å²) in [7, 11) is 0. The van der Waals surface area contributed by atoms with E-state index < -0.39 is 0 Å². The summed E-state index contributed by atoms with van der Waals surface area (Å²) in [5.74, 6) is 0.974. The Morgan fingerprint density at radius 3 is 2.42 bits per heavy atom. The zero-order chi connectivity index (χ0) is 9.40. The van der Waals surface area contributed by atoms with Gasteiger partial charge in [-0.15, -0.1) is 0 Å². The summed E-state index contributed by atoms with van der Waals surface area (Å²) in [6.45, 7) is 6.79. The molecule has 0 aliphatic heterocycles. The fourth-order valence-corrected chi connectivity index (χ4v) is 1.08. The van der Waals surface area contributed by atoms with Gasteiger partial charge in [0.15, 0.2) is 0 Å². The molecule has 2 nitrogen and oxygen atoms in total. The topological polar surface area (TPSA) is 29.1 Å². The van der Waals surface area contributed by atoms with Gasteiger partial charge in [-0.2, -0.15) is 0 Å². The Labute approximate surface area is 77.2 Å². The smallest absolute Gasteiger partial charge is 0.219 e. The molecule has 0 atom stereocenters. The number of nitrogens with one attached hydrogen (secondary N) is 1. The Balaban J connectivity index is 0. The molecule has 2 heteroatoms. The minimum atomic E-state index is 0. The van der Waals surface area contributed by atoms with E-state index in [-0.39, 0.29) is 7.33 Å². The molecule has 1 amide bonds. The van der Waals surface area contributed by atoms with Crippen molar-refractivity contribution in [2.75, 3.05) is 6.54 Å². The second kappa shape index (κ2) is 7.14. The minimum Gasteiger partial charge on any atom is -0.356 e. The molecule has 0 radical (unpaired) electrons. The lowest BCUT2D eigenvalue weighted by atomic mass is 9.85. The Morgan fingerprint density at radius 1 is 1.50 bits per heavy atom. The molecule has 0 aromatic rings. The number of carbonyl (C=O) groups is 1. The third kappa shape index (κ3) is 4.37. The van der Waals surface area contributed by atoms with Crippen LogP contribution in [0.25, 0.3) is 0 Å². The van der Waals surface area contributed by atoms with Crippen molar-refractivity contribution in [3.8, 4) is 0 Å². The molecular weight excluding hydrogens is 150 g/mol. The quantitative estimate of drug-likeness (QED) is 0.698. The first kappa shape index (κ1) is 11.5. The first-order valence-corrected chi connectivity index (χ1v) is 5.09. The van der Waals surface area contributed by atoms with Crippen LogP contribution in [0, 0.1) is 5.92 Å². The van der Waals surface area contributed by atoms with Crippen LogP contribution in [0.15, 0.2) is 0 Å². The summed E-state index contributed by atoms with van der Waals surface area (Å²) in [6, 6.07) is 0. The molecule has 0 saturated heterocycles. The van der Waals surface area contributed by atoms with E-state index in [2.05, 4.69) is 5.32 Å². The van der Waals surface area contributed by atoms with Gasteiger partial charge in [0.1, 0.15) is 0 Å². The van der Waals surface area contributed by atoms with E-state index in [4.69, 9.17) is 0 Å². The van der Waals surface area contributed by atoms with Crippen LogP contribution in [0.4, 0.5) is 0 Å². The van der Waals surface area contributed by atoms with Gasteiger partial charge in [0.05, 0.1) is 0 Å². The highest BCUT2D eigenvalue weighted by atomic mass is 16.1. The molecule has 0 aromatic carbocycles. The zero-order valence-electron chi connectivity index (χ0n) is 8.52. The summed E-state index contributed by atoms with van der Waals surface area (Å²) < 4.78 is 0. The van der Waals surface area contributed by atoms with Crippen LogP contribution in [0.2, 0.25) is 0 Å². The maximum Gasteiger partial charge on any atom is 0.219 e. The number of amides is 1. The predicted molar refractivity (Wildman–Crippen MR) is 54.1 cm³/mol. The highest BCUT2D eigenvalue weighted by molar-refractivity contribution is 5.75. The maximum atomic E-state index is 10.7. The third-order valence-electron chi connectivity index (χ3n) is 2.13. The van der Waals surface area contributed by atoms with Gasteiger partial charge >= 0.3 is 0 Å². The van der Waals surface area contributed by atoms with Crippen LogP contribution in [0.5, 0.6) is 0 Å². The Bertz CT molecular complexity index is 124. The lowest BCUT2D eigenvalue weighted by molar-refractivity contribution is -0.121. The van der Waals surface area contributed by atoms with E-state index in [0.717, 1.165) is 12.5 Å². The van der Waals surface area contributed by atoms with Crippen molar-refractivity contribution in [1.29, 1.82) is 0 Å². The van der Waals surface area contributed by atoms with Crippen LogP contribution in [0.1, 0.15) is 47.9 Å². The van der Waals surface area contributed by atoms with Gasteiger partial charge in [-0.25, -0.2) is 0 Å². The standard InChI is InChI=1S/C8H15NO.C2H6.H2/c1-2-8(10)9-6-7-4-3-5-7;1-2;/h7H,2-6H2,1H3,(H,9,10);1-2H3;1H. The van der Waals surface area contributed by atoms with Crippen molar-refractivity contribution >= 4 is 5.91 Å². The van der Waals surface area contributed by atoms with Gasteiger partial charge in [-0.05, 0) is 18.8 Å². The molecule has 0 aromatic heterocycles. The molecule has 74 valence electrons. The summed E-state index contributed by atoms with van der Waals surface area (Å²) in [5, 5.41) is 2.90. The molecule has 1 fully saturated rings. The summed E-state index contributed by atoms with van der Waals surface area (Å²) in [4.78, 5) is 10.7. The second-order valence-electron chi connectivity index (χ2n) is 2.95. The minimum absolute atomic E-state index is 0. The van der Waals surface area contributed by atoms with Crippen LogP contribution >= 0.6 is 0 Å². The van der Waals surface area contributed by atoms with Crippen molar-refractivity contribution in [1.82, 2.24) is 5.32 Å². The average molecular weight is 173 g/mol. The van der Waals surface area contributed by atoms with Crippen molar-refractivity contribution in [2.24, 2.45) is 5.92 Å². The van der Waals surface area contributed by atoms with Crippen LogP contribution < -0.4 is 5.32 Å². The fraction of sp³-hybridized carbons (Fsp3) is 0.900. The molecule has 1 N–H and O–H groups in total. The molecule has 0 unspecified atom stereocenters. The Hall–Kier alpha value is -0.530. The van der Waals surface area contributed by atoms with Crippen LogP contribution in [0.3, 0.4) is 0 Å². The van der Waals surface area contributed by atoms with Crippen molar-refractivity contribution in [3.05, 3.63) is 0 Å². The third-order valence-corrected chi connectivity index (χ3v) is 2.13. The fourth-order valence-electron chi connectivity index (χ4n) is 1.08. The van der Waals surface area contributed by atoms with E-state index in [1.807, 2.05) is 20.8 Å². The molecule has 1 aliphatic rings. The van der Waals surface area contributed by atoms with Gasteiger partial charge in [0, 0.05) is 14.4 Å². The summed E-state index contributed by atoms with van der Waals surface area (Å²) in [6.07, 6.45) is 4.59. The monoisotopic (exact) mass is 173 g/mol. The van der Waals surface area contributed by atoms with Gasteiger partial charge in [-0.1, -0.05) is 27.2 Å². The molecule has 0 spiro atoms. The largest absolute Gasteiger partial charge is 0.356 e. The van der Waals surface area contributed by atoms with Gasteiger partial charge in [-0.3, -0.25) is 4.79 Å². The molecule has 1 aliphatic carbocycles. The number of hydrogen-bond donors (Lipinski definition) is 1. The van der Waals surface area contributed by atoms with Crippen molar-refractivity contribution < 1.29 is 6.22 Å². The van der Waals surface area contributed by atoms with Crippen molar-refractivity contribution in [3.63, 3.8) is 0 Å². The van der Waals surface area contributed by atoms with E-state index in [0.29, 0.717) is 6.42 Å². The molecule has 0 heterocycles. The van der Waals surface area contributed by atoms with Crippen molar-refractivity contribution in [2.45, 2.75) is 46.5 Å². The Kier molecular flexibility index (Phi) is 6.82. The molecule has 0 bridgehead atoms. The highest BCUT2D eigenvalue weighted by Gasteiger charge is 2.16. The SMILES string of the molecule is CC.CCC(=O)NCC1CCC1.[HH]. The first-order valence-electron chi connectivity index (χ1n) is 5.09. The zero-order valence-corrected chi connectivity index (χ0v) is 8.52. The number of rotatable bonds is 3. The molecule has 1 saturated carbocycles. The van der Waals surface area contributed by atoms with Gasteiger partial charge < -0.3 is 5.32 Å². The number of hydrogen-bond acceptors (Lipinski definition) is 1. The predicted octanol–water partition coefficient (Wildman–Crippen LogP) is 2.58. The molecular formula is C10H23NO. The van der Waals surface area contributed by atoms with Crippen LogP contribution in [-0.4, -0.2) is 12.5 Å². The summed E-state index contributed by atoms with van der Waals surface area (Å²) in [5.41, 5.74) is 0. The van der Waals surface area contributed by atoms with Crippen LogP contribution in [-0.2, 0) is 4.79 Å². The highest BCUT2D eigenvalue weighted by Crippen LogP contribution is 2.24.